The second-order valence-electron chi connectivity index (χ2n) is 17.4. The number of phenols is 2. The third kappa shape index (κ3) is 11.9. The summed E-state index contributed by atoms with van der Waals surface area (Å²) in [5.41, 5.74) is -1.10. The van der Waals surface area contributed by atoms with Crippen molar-refractivity contribution in [2.45, 2.75) is 166 Å². The lowest BCUT2D eigenvalue weighted by Crippen LogP contribution is -2.55. The van der Waals surface area contributed by atoms with Crippen LogP contribution in [0, 0.1) is 12.8 Å². The number of ketones is 2. The Labute approximate surface area is 371 Å². The number of Topliss-reactive ketones (excluding diaryl/α,β-unsaturated/α-hetero) is 2. The number of methoxy groups -OCH3 is 1. The number of phenolic OH excluding ortho intramolecular Hbond substituents is 2. The third-order valence-corrected chi connectivity index (χ3v) is 12.4. The Balaban J connectivity index is 1.23. The molecule has 2 aromatic rings. The number of rotatable bonds is 21. The lowest BCUT2D eigenvalue weighted by molar-refractivity contribution is -0.278. The average Bonchev–Trinajstić information content (AvgIpc) is 3.23. The lowest BCUT2D eigenvalue weighted by Gasteiger charge is -2.42. The first kappa shape index (κ1) is 51.8. The van der Waals surface area contributed by atoms with Crippen LogP contribution in [0.1, 0.15) is 82.3 Å². The molecule has 362 valence electrons. The third-order valence-electron chi connectivity index (χ3n) is 12.4. The minimum atomic E-state index is -1.87. The van der Waals surface area contributed by atoms with Gasteiger partial charge in [0, 0.05) is 31.4 Å². The molecule has 9 N–H and O–H groups in total. The van der Waals surface area contributed by atoms with Gasteiger partial charge in [0.15, 0.2) is 24.1 Å². The molecule has 64 heavy (non-hydrogen) atoms. The molecule has 0 amide bonds. The minimum Gasteiger partial charge on any atom is -0.507 e. The van der Waals surface area contributed by atoms with Crippen molar-refractivity contribution in [1.29, 1.82) is 0 Å². The number of aliphatic hydroxyl groups excluding tert-OH is 6. The Morgan fingerprint density at radius 1 is 0.891 bits per heavy atom. The molecule has 0 aromatic heterocycles. The summed E-state index contributed by atoms with van der Waals surface area (Å²) >= 11 is 0. The molecule has 3 aliphatic rings. The topological polar surface area (TPSA) is 299 Å². The first-order valence-electron chi connectivity index (χ1n) is 21.5. The Morgan fingerprint density at radius 2 is 1.53 bits per heavy atom. The monoisotopic (exact) mass is 914 g/mol. The van der Waals surface area contributed by atoms with E-state index in [0.717, 1.165) is 0 Å². The van der Waals surface area contributed by atoms with Crippen LogP contribution in [0.3, 0.4) is 0 Å². The van der Waals surface area contributed by atoms with E-state index in [4.69, 9.17) is 42.6 Å². The molecule has 16 atom stereocenters. The van der Waals surface area contributed by atoms with Crippen molar-refractivity contribution in [2.75, 3.05) is 33.9 Å². The van der Waals surface area contributed by atoms with Crippen LogP contribution in [0.5, 0.6) is 17.2 Å². The number of benzene rings is 2. The highest BCUT2D eigenvalue weighted by Crippen LogP contribution is 2.47. The van der Waals surface area contributed by atoms with Crippen LogP contribution in [0.15, 0.2) is 12.1 Å². The molecule has 1 aliphatic carbocycles. The Kier molecular flexibility index (Phi) is 17.9. The van der Waals surface area contributed by atoms with Gasteiger partial charge in [-0.1, -0.05) is 0 Å². The van der Waals surface area contributed by atoms with E-state index in [1.807, 2.05) is 0 Å². The zero-order valence-electron chi connectivity index (χ0n) is 37.5. The Hall–Kier alpha value is -3.16. The van der Waals surface area contributed by atoms with E-state index >= 15 is 0 Å². The van der Waals surface area contributed by atoms with Gasteiger partial charge >= 0.3 is 0 Å². The van der Waals surface area contributed by atoms with Crippen LogP contribution in [0.4, 0.5) is 0 Å². The number of ether oxygens (including phenoxy) is 9. The molecule has 2 aliphatic heterocycles. The molecule has 0 saturated carbocycles. The van der Waals surface area contributed by atoms with Gasteiger partial charge in [-0.15, -0.1) is 0 Å². The zero-order valence-corrected chi connectivity index (χ0v) is 37.5. The number of fused-ring (bicyclic) bond motifs is 2. The molecule has 2 aromatic carbocycles. The van der Waals surface area contributed by atoms with Gasteiger partial charge in [0.05, 0.1) is 66.4 Å². The summed E-state index contributed by atoms with van der Waals surface area (Å²) in [5.74, 6) is -3.51. The number of aliphatic hydroxyl groups is 7. The highest BCUT2D eigenvalue weighted by atomic mass is 16.7. The predicted molar refractivity (Wildman–Crippen MR) is 222 cm³/mol. The molecule has 5 rings (SSSR count). The highest BCUT2D eigenvalue weighted by Gasteiger charge is 2.47. The van der Waals surface area contributed by atoms with Crippen molar-refractivity contribution in [2.24, 2.45) is 5.92 Å². The summed E-state index contributed by atoms with van der Waals surface area (Å²) in [6, 6.07) is 3.14. The second-order valence-corrected chi connectivity index (χ2v) is 17.4. The number of carbonyl (C=O) groups excluding carboxylic acids is 2. The predicted octanol–water partition coefficient (Wildman–Crippen LogP) is 0.617. The quantitative estimate of drug-likeness (QED) is 0.0613. The fraction of sp³-hybridized carbons (Fsp3) is 0.727. The van der Waals surface area contributed by atoms with Crippen molar-refractivity contribution in [1.82, 2.24) is 0 Å². The summed E-state index contributed by atoms with van der Waals surface area (Å²) in [6.45, 7) is 9.23. The van der Waals surface area contributed by atoms with Gasteiger partial charge in [0.25, 0.3) is 0 Å². The summed E-state index contributed by atoms with van der Waals surface area (Å²) in [7, 11) is 1.20. The maximum absolute atomic E-state index is 14.4. The summed E-state index contributed by atoms with van der Waals surface area (Å²) in [4.78, 5) is 27.9. The number of carbonyl (C=O) groups is 2. The smallest absolute Gasteiger partial charge is 0.200 e. The standard InChI is InChI=1S/C44H66O20/c1-19-31(64-32-10-9-28(46)23(5)62-32)13-26-11-25-12-27(41(56-8)40(53)37(50)20(2)45)42(39(52)35(25)38(51)34(26)36(19)49)61-18-60-21(3)29(47)15-57-17-59-22(4)30(48)16-58-33-14-44(7,55)43(54)24(6)63-33/h11,13,20-24,27-30,32-33,37,41-43,45-51,54-55H,9-10,12,14-18H2,1-8H3/t20-,21?,22?,23?,24?,27+,28+,29+,30+,32+,33-,37+,41+,42+,43-,44?/m1/s1. The molecule has 0 radical (unpaired) electrons. The number of aromatic hydroxyl groups is 2. The van der Waals surface area contributed by atoms with Crippen molar-refractivity contribution in [3.8, 4) is 17.2 Å². The molecule has 2 heterocycles. The van der Waals surface area contributed by atoms with Crippen molar-refractivity contribution < 1.29 is 98.2 Å². The summed E-state index contributed by atoms with van der Waals surface area (Å²) in [6.07, 6.45) is -14.3. The normalized spacial score (nSPS) is 30.8. The van der Waals surface area contributed by atoms with Crippen molar-refractivity contribution in [3.63, 3.8) is 0 Å². The fourth-order valence-corrected chi connectivity index (χ4v) is 8.13. The van der Waals surface area contributed by atoms with Gasteiger partial charge in [0.2, 0.25) is 0 Å². The summed E-state index contributed by atoms with van der Waals surface area (Å²) < 4.78 is 51.1. The van der Waals surface area contributed by atoms with E-state index in [-0.39, 0.29) is 66.4 Å². The molecular formula is C44H66O20. The van der Waals surface area contributed by atoms with E-state index in [1.165, 1.54) is 27.9 Å². The van der Waals surface area contributed by atoms with Gasteiger partial charge in [0.1, 0.15) is 67.5 Å². The minimum absolute atomic E-state index is 0.00527. The second kappa shape index (κ2) is 22.1. The van der Waals surface area contributed by atoms with Crippen LogP contribution >= 0.6 is 0 Å². The zero-order chi connectivity index (χ0) is 47.4. The first-order chi connectivity index (χ1) is 30.1. The van der Waals surface area contributed by atoms with E-state index in [1.54, 1.807) is 39.8 Å². The molecule has 2 saturated heterocycles. The Bertz CT molecular complexity index is 1890. The molecule has 0 bridgehead atoms. The molecule has 0 spiro atoms. The van der Waals surface area contributed by atoms with Crippen LogP contribution in [-0.2, 0) is 49.1 Å². The highest BCUT2D eigenvalue weighted by molar-refractivity contribution is 6.11. The number of hydrogen-bond donors (Lipinski definition) is 9. The maximum atomic E-state index is 14.4. The van der Waals surface area contributed by atoms with Gasteiger partial charge in [-0.25, -0.2) is 0 Å². The van der Waals surface area contributed by atoms with Crippen LogP contribution in [0.2, 0.25) is 0 Å². The van der Waals surface area contributed by atoms with E-state index < -0.39 is 121 Å². The van der Waals surface area contributed by atoms with E-state index in [9.17, 15) is 55.5 Å². The first-order valence-corrected chi connectivity index (χ1v) is 21.5. The van der Waals surface area contributed by atoms with Gasteiger partial charge in [-0.3, -0.25) is 9.59 Å². The molecule has 20 heteroatoms. The SMILES string of the molecule is CO[C@H](C(=O)[C@@H](O)[C@@H](C)O)[C@@H]1Cc2cc3cc(O[C@H]4CC[C@H](O)C(C)O4)c(C)c(O)c3c(O)c2C(=O)[C@H]1OCOC(C)[C@@H](O)COCOC(C)[C@@H](O)CO[C@H]1CC(C)(O)[C@H](O)C(C)O1. The Morgan fingerprint density at radius 3 is 2.16 bits per heavy atom. The molecular weight excluding hydrogens is 848 g/mol. The number of hydrogen-bond acceptors (Lipinski definition) is 20. The molecule has 2 fully saturated rings. The van der Waals surface area contributed by atoms with Gasteiger partial charge in [-0.2, -0.15) is 0 Å². The lowest BCUT2D eigenvalue weighted by atomic mass is 9.75. The average molecular weight is 915 g/mol. The molecule has 20 nitrogen and oxygen atoms in total. The van der Waals surface area contributed by atoms with Crippen LogP contribution in [0.25, 0.3) is 10.8 Å². The van der Waals surface area contributed by atoms with Crippen molar-refractivity contribution >= 4 is 22.3 Å². The summed E-state index contributed by atoms with van der Waals surface area (Å²) in [5, 5.41) is 95.7. The van der Waals surface area contributed by atoms with Crippen molar-refractivity contribution in [3.05, 3.63) is 28.8 Å². The fourth-order valence-electron chi connectivity index (χ4n) is 8.13. The van der Waals surface area contributed by atoms with Gasteiger partial charge < -0.3 is 88.6 Å². The maximum Gasteiger partial charge on any atom is 0.200 e. The van der Waals surface area contributed by atoms with Crippen LogP contribution < -0.4 is 4.74 Å². The largest absolute Gasteiger partial charge is 0.507 e. The molecule has 5 unspecified atom stereocenters. The van der Waals surface area contributed by atoms with Crippen LogP contribution in [-0.4, -0.2) is 183 Å². The van der Waals surface area contributed by atoms with Gasteiger partial charge in [-0.05, 0) is 84.4 Å². The van der Waals surface area contributed by atoms with E-state index in [2.05, 4.69) is 0 Å². The van der Waals surface area contributed by atoms with E-state index in [0.29, 0.717) is 18.2 Å².